The molecule has 170 valence electrons. The predicted octanol–water partition coefficient (Wildman–Crippen LogP) is 2.97. The number of nitrogens with one attached hydrogen (secondary N) is 2. The van der Waals surface area contributed by atoms with Crippen molar-refractivity contribution in [3.8, 4) is 0 Å². The van der Waals surface area contributed by atoms with Crippen LogP contribution in [0.3, 0.4) is 0 Å². The zero-order valence-electron chi connectivity index (χ0n) is 18.4. The van der Waals surface area contributed by atoms with E-state index >= 15 is 0 Å². The second-order valence-electron chi connectivity index (χ2n) is 8.15. The van der Waals surface area contributed by atoms with Crippen molar-refractivity contribution in [2.75, 3.05) is 31.1 Å². The van der Waals surface area contributed by atoms with Gasteiger partial charge in [0.15, 0.2) is 0 Å². The van der Waals surface area contributed by atoms with Gasteiger partial charge in [0, 0.05) is 12.7 Å². The highest BCUT2D eigenvalue weighted by molar-refractivity contribution is 8.32. The molecule has 0 radical (unpaired) electrons. The topological polar surface area (TPSA) is 116 Å². The van der Waals surface area contributed by atoms with Crippen LogP contribution < -0.4 is 10.9 Å². The molecule has 0 saturated carbocycles. The summed E-state index contributed by atoms with van der Waals surface area (Å²) < 4.78 is 4.92. The van der Waals surface area contributed by atoms with Gasteiger partial charge in [-0.3, -0.25) is 14.4 Å². The number of carbonyl (C=O) groups is 2. The van der Waals surface area contributed by atoms with E-state index in [0.29, 0.717) is 16.8 Å². The minimum Gasteiger partial charge on any atom is -0.392 e. The van der Waals surface area contributed by atoms with Crippen LogP contribution in [0, 0.1) is 0 Å². The Morgan fingerprint density at radius 1 is 1.09 bits per heavy atom. The normalized spacial score (nSPS) is 12.8. The van der Waals surface area contributed by atoms with Crippen molar-refractivity contribution in [2.24, 2.45) is 0 Å². The quantitative estimate of drug-likeness (QED) is 0.505. The number of hydrogen-bond acceptors (Lipinski definition) is 5. The molecule has 1 atom stereocenters. The van der Waals surface area contributed by atoms with E-state index in [0.717, 1.165) is 6.07 Å². The number of aliphatic hydroxyl groups excluding tert-OH is 1. The van der Waals surface area contributed by atoms with Gasteiger partial charge in [0.2, 0.25) is 5.76 Å². The van der Waals surface area contributed by atoms with E-state index in [4.69, 9.17) is 4.52 Å². The summed E-state index contributed by atoms with van der Waals surface area (Å²) >= 11 is 0. The fourth-order valence-electron chi connectivity index (χ4n) is 3.19. The molecule has 1 unspecified atom stereocenters. The second-order valence-corrected chi connectivity index (χ2v) is 12.3. The Morgan fingerprint density at radius 2 is 1.72 bits per heavy atom. The molecule has 3 N–H and O–H groups in total. The minimum absolute atomic E-state index is 0.136. The van der Waals surface area contributed by atoms with E-state index in [1.807, 2.05) is 24.3 Å². The van der Waals surface area contributed by atoms with Crippen LogP contribution in [0.15, 0.2) is 68.8 Å². The van der Waals surface area contributed by atoms with Gasteiger partial charge in [-0.1, -0.05) is 24.3 Å². The fourth-order valence-corrected chi connectivity index (χ4v) is 4.15. The average molecular weight is 458 g/mol. The minimum atomic E-state index is -0.997. The van der Waals surface area contributed by atoms with E-state index in [-0.39, 0.29) is 12.4 Å². The molecular weight excluding hydrogens is 430 g/mol. The highest BCUT2D eigenvalue weighted by Gasteiger charge is 2.31. The molecule has 1 heterocycles. The van der Waals surface area contributed by atoms with Crippen molar-refractivity contribution < 1.29 is 19.2 Å². The molecule has 8 nitrogen and oxygen atoms in total. The first-order valence-electron chi connectivity index (χ1n) is 9.85. The third kappa shape index (κ3) is 5.30. The summed E-state index contributed by atoms with van der Waals surface area (Å²) in [5.41, 5.74) is 1.28. The maximum Gasteiger partial charge on any atom is 0.293 e. The van der Waals surface area contributed by atoms with Crippen LogP contribution in [0.2, 0.25) is 0 Å². The van der Waals surface area contributed by atoms with Crippen LogP contribution >= 0.6 is 10.0 Å². The number of benzene rings is 2. The van der Waals surface area contributed by atoms with Crippen molar-refractivity contribution >= 4 is 27.5 Å². The van der Waals surface area contributed by atoms with E-state index in [2.05, 4.69) is 29.2 Å². The number of aliphatic hydroxyl groups is 1. The van der Waals surface area contributed by atoms with Crippen molar-refractivity contribution in [3.05, 3.63) is 81.8 Å². The third-order valence-electron chi connectivity index (χ3n) is 5.00. The zero-order chi connectivity index (χ0) is 23.5. The second kappa shape index (κ2) is 9.46. The Morgan fingerprint density at radius 3 is 2.22 bits per heavy atom. The van der Waals surface area contributed by atoms with Gasteiger partial charge in [-0.2, -0.15) is 5.16 Å². The lowest BCUT2D eigenvalue weighted by Gasteiger charge is -2.28. The van der Waals surface area contributed by atoms with Crippen LogP contribution in [0.4, 0.5) is 5.69 Å². The highest BCUT2D eigenvalue weighted by atomic mass is 32.3. The lowest BCUT2D eigenvalue weighted by atomic mass is 10.0. The monoisotopic (exact) mass is 457 g/mol. The number of likely N-dealkylation sites (N-methyl/N-ethyl adjacent to an activating group) is 1. The molecule has 2 aromatic carbocycles. The summed E-state index contributed by atoms with van der Waals surface area (Å²) in [5, 5.41) is 14.3. The Hall–Kier alpha value is -3.30. The van der Waals surface area contributed by atoms with Gasteiger partial charge in [0.05, 0.1) is 12.7 Å². The maximum absolute atomic E-state index is 13.3. The number of rotatable bonds is 7. The predicted molar refractivity (Wildman–Crippen MR) is 125 cm³/mol. The van der Waals surface area contributed by atoms with Gasteiger partial charge >= 0.3 is 0 Å². The van der Waals surface area contributed by atoms with Crippen LogP contribution in [-0.2, 0) is 11.4 Å². The fraction of sp³-hybridized carbons (Fsp3) is 0.261. The van der Waals surface area contributed by atoms with Crippen LogP contribution in [0.1, 0.15) is 27.7 Å². The van der Waals surface area contributed by atoms with Crippen LogP contribution in [0.25, 0.3) is 0 Å². The molecule has 9 heteroatoms. The number of amides is 2. The molecule has 0 bridgehead atoms. The van der Waals surface area contributed by atoms with E-state index in [1.165, 1.54) is 16.8 Å². The van der Waals surface area contributed by atoms with Crippen molar-refractivity contribution in [1.82, 2.24) is 10.1 Å². The third-order valence-corrected chi connectivity index (χ3v) is 6.68. The Labute approximate surface area is 187 Å². The Bertz CT molecular complexity index is 1140. The largest absolute Gasteiger partial charge is 0.392 e. The number of nitrogens with zero attached hydrogens (tertiary/aromatic N) is 1. The van der Waals surface area contributed by atoms with Gasteiger partial charge in [-0.05, 0) is 59.1 Å². The molecule has 0 aliphatic rings. The molecule has 3 aromatic rings. The smallest absolute Gasteiger partial charge is 0.293 e. The first-order chi connectivity index (χ1) is 15.1. The van der Waals surface area contributed by atoms with Crippen LogP contribution in [0.5, 0.6) is 0 Å². The number of carbonyl (C=O) groups excluding carboxylic acids is 2. The lowest BCUT2D eigenvalue weighted by molar-refractivity contribution is -0.120. The standard InChI is InChI=1S/C23H27N3O5S/c1-26(23(30)19-13-20(28)25-31-19)21(16-7-5-15(14-27)6-8-16)22(29)24-17-9-11-18(12-10-17)32(2,3)4/h5-13,21,27H,14H2,1-4H3,(H,24,29)(H,25,28). The number of hydrogen-bond donors (Lipinski definition) is 3. The first kappa shape index (κ1) is 23.4. The molecule has 0 fully saturated rings. The molecule has 2 amide bonds. The Balaban J connectivity index is 1.91. The van der Waals surface area contributed by atoms with Gasteiger partial charge in [0.25, 0.3) is 17.4 Å². The van der Waals surface area contributed by atoms with Gasteiger partial charge in [0.1, 0.15) is 6.04 Å². The SMILES string of the molecule is CN(C(=O)c1cc(=O)[nH]o1)C(C(=O)Nc1ccc(S(C)(C)C)cc1)c1ccc(CO)cc1. The van der Waals surface area contributed by atoms with Crippen molar-refractivity contribution in [1.29, 1.82) is 0 Å². The van der Waals surface area contributed by atoms with Gasteiger partial charge in [-0.15, -0.1) is 0 Å². The summed E-state index contributed by atoms with van der Waals surface area (Å²) in [6.45, 7) is -0.136. The summed E-state index contributed by atoms with van der Waals surface area (Å²) in [6.07, 6.45) is 6.56. The van der Waals surface area contributed by atoms with Gasteiger partial charge in [-0.25, -0.2) is 10.0 Å². The molecular formula is C23H27N3O5S. The van der Waals surface area contributed by atoms with E-state index < -0.39 is 33.4 Å². The maximum atomic E-state index is 13.3. The summed E-state index contributed by atoms with van der Waals surface area (Å²) in [5.74, 6) is -1.24. The van der Waals surface area contributed by atoms with Gasteiger partial charge < -0.3 is 19.8 Å². The molecule has 0 aliphatic heterocycles. The number of H-pyrrole nitrogens is 1. The average Bonchev–Trinajstić information content (AvgIpc) is 3.19. The Kier molecular flexibility index (Phi) is 6.90. The molecule has 3 rings (SSSR count). The molecule has 0 spiro atoms. The number of aromatic nitrogens is 1. The zero-order valence-corrected chi connectivity index (χ0v) is 19.2. The number of aromatic amines is 1. The lowest BCUT2D eigenvalue weighted by Crippen LogP contribution is -2.38. The first-order valence-corrected chi connectivity index (χ1v) is 12.7. The molecule has 1 aromatic heterocycles. The summed E-state index contributed by atoms with van der Waals surface area (Å²) in [7, 11) is 0.572. The summed E-state index contributed by atoms with van der Waals surface area (Å²) in [4.78, 5) is 39.9. The molecule has 0 aliphatic carbocycles. The highest BCUT2D eigenvalue weighted by Crippen LogP contribution is 2.45. The molecule has 32 heavy (non-hydrogen) atoms. The van der Waals surface area contributed by atoms with Crippen molar-refractivity contribution in [2.45, 2.75) is 17.5 Å². The molecule has 0 saturated heterocycles. The van der Waals surface area contributed by atoms with E-state index in [1.54, 1.807) is 24.3 Å². The summed E-state index contributed by atoms with van der Waals surface area (Å²) in [6, 6.07) is 14.4. The number of anilines is 1. The van der Waals surface area contributed by atoms with Crippen LogP contribution in [-0.4, -0.2) is 52.8 Å². The van der Waals surface area contributed by atoms with Crippen molar-refractivity contribution in [3.63, 3.8) is 0 Å². The van der Waals surface area contributed by atoms with E-state index in [9.17, 15) is 19.5 Å².